The Balaban J connectivity index is 2.57. The number of hydrogen-bond acceptors (Lipinski definition) is 3. The van der Waals surface area contributed by atoms with Crippen LogP contribution in [-0.2, 0) is 0 Å². The maximum absolute atomic E-state index is 10.1. The molecule has 0 saturated carbocycles. The molecule has 9 heavy (non-hydrogen) atoms. The molecule has 0 aromatic carbocycles. The summed E-state index contributed by atoms with van der Waals surface area (Å²) < 4.78 is 0. The third kappa shape index (κ3) is 1.71. The average molecular weight is 145 g/mol. The number of allylic oxidation sites excluding steroid dienone is 1. The maximum Gasteiger partial charge on any atom is 0.243 e. The predicted molar refractivity (Wildman–Crippen MR) is 37.0 cm³/mol. The van der Waals surface area contributed by atoms with E-state index in [1.54, 1.807) is 17.8 Å². The molecular formula is C5H7NO2S. The third-order valence-corrected chi connectivity index (χ3v) is 2.07. The minimum atomic E-state index is -0.292. The van der Waals surface area contributed by atoms with E-state index in [4.69, 9.17) is 0 Å². The van der Waals surface area contributed by atoms with Crippen LogP contribution in [0.5, 0.6) is 0 Å². The van der Waals surface area contributed by atoms with Gasteiger partial charge in [-0.25, -0.2) is 0 Å². The quantitative estimate of drug-likeness (QED) is 0.412. The first kappa shape index (κ1) is 6.61. The second kappa shape index (κ2) is 2.87. The lowest BCUT2D eigenvalue weighted by molar-refractivity contribution is -0.427. The summed E-state index contributed by atoms with van der Waals surface area (Å²) in [4.78, 5) is 9.79. The van der Waals surface area contributed by atoms with Gasteiger partial charge in [0.05, 0.1) is 4.92 Å². The summed E-state index contributed by atoms with van der Waals surface area (Å²) in [5, 5.41) is 10.1. The Bertz CT molecular complexity index is 155. The van der Waals surface area contributed by atoms with E-state index in [9.17, 15) is 10.1 Å². The van der Waals surface area contributed by atoms with Crippen LogP contribution in [0.1, 0.15) is 6.42 Å². The Labute approximate surface area is 57.3 Å². The molecule has 0 aliphatic carbocycles. The number of hydrogen-bond donors (Lipinski definition) is 0. The summed E-state index contributed by atoms with van der Waals surface area (Å²) in [7, 11) is 0. The standard InChI is InChI=1S/C5H7NO2S/c7-6(8)5-1-3-9-4-2-5/h1H,2-4H2. The van der Waals surface area contributed by atoms with Gasteiger partial charge in [-0.2, -0.15) is 11.8 Å². The highest BCUT2D eigenvalue weighted by Gasteiger charge is 2.12. The Morgan fingerprint density at radius 2 is 2.56 bits per heavy atom. The fourth-order valence-electron chi connectivity index (χ4n) is 0.683. The Hall–Kier alpha value is -0.510. The number of nitrogens with zero attached hydrogens (tertiary/aromatic N) is 1. The first-order valence-electron chi connectivity index (χ1n) is 2.72. The van der Waals surface area contributed by atoms with E-state index in [0.29, 0.717) is 12.1 Å². The molecule has 1 aliphatic heterocycles. The van der Waals surface area contributed by atoms with Crippen molar-refractivity contribution in [2.24, 2.45) is 0 Å². The zero-order valence-corrected chi connectivity index (χ0v) is 5.69. The molecule has 0 atom stereocenters. The van der Waals surface area contributed by atoms with E-state index in [2.05, 4.69) is 0 Å². The zero-order valence-electron chi connectivity index (χ0n) is 4.87. The van der Waals surface area contributed by atoms with Crippen LogP contribution in [0, 0.1) is 10.1 Å². The molecule has 0 bridgehead atoms. The molecule has 1 heterocycles. The fourth-order valence-corrected chi connectivity index (χ4v) is 1.51. The van der Waals surface area contributed by atoms with Crippen molar-refractivity contribution in [3.63, 3.8) is 0 Å². The second-order valence-electron chi connectivity index (χ2n) is 1.78. The van der Waals surface area contributed by atoms with Crippen LogP contribution < -0.4 is 0 Å². The highest BCUT2D eigenvalue weighted by molar-refractivity contribution is 7.99. The summed E-state index contributed by atoms with van der Waals surface area (Å²) in [6.45, 7) is 0. The Morgan fingerprint density at radius 3 is 2.89 bits per heavy atom. The van der Waals surface area contributed by atoms with E-state index in [-0.39, 0.29) is 4.92 Å². The lowest BCUT2D eigenvalue weighted by Gasteiger charge is -2.02. The van der Waals surface area contributed by atoms with Crippen LogP contribution in [0.3, 0.4) is 0 Å². The van der Waals surface area contributed by atoms with Crippen molar-refractivity contribution in [2.45, 2.75) is 6.42 Å². The van der Waals surface area contributed by atoms with Gasteiger partial charge >= 0.3 is 0 Å². The van der Waals surface area contributed by atoms with Crippen molar-refractivity contribution in [1.29, 1.82) is 0 Å². The van der Waals surface area contributed by atoms with Crippen LogP contribution in [0.25, 0.3) is 0 Å². The molecule has 0 radical (unpaired) electrons. The lowest BCUT2D eigenvalue weighted by Crippen LogP contribution is -2.04. The van der Waals surface area contributed by atoms with Gasteiger partial charge in [0, 0.05) is 17.9 Å². The molecule has 0 amide bonds. The number of rotatable bonds is 1. The molecule has 0 fully saturated rings. The SMILES string of the molecule is O=[N+]([O-])C1=CCSCC1. The van der Waals surface area contributed by atoms with Crippen LogP contribution in [0.4, 0.5) is 0 Å². The van der Waals surface area contributed by atoms with E-state index in [0.717, 1.165) is 11.5 Å². The average Bonchev–Trinajstić information content (AvgIpc) is 1.90. The molecular weight excluding hydrogens is 138 g/mol. The van der Waals surface area contributed by atoms with Crippen LogP contribution in [-0.4, -0.2) is 16.4 Å². The van der Waals surface area contributed by atoms with E-state index >= 15 is 0 Å². The molecule has 0 aromatic rings. The van der Waals surface area contributed by atoms with Gasteiger partial charge in [-0.3, -0.25) is 10.1 Å². The van der Waals surface area contributed by atoms with Crippen LogP contribution in [0.15, 0.2) is 11.8 Å². The molecule has 1 rings (SSSR count). The Kier molecular flexibility index (Phi) is 2.10. The summed E-state index contributed by atoms with van der Waals surface area (Å²) in [5.41, 5.74) is 0.383. The molecule has 4 heteroatoms. The van der Waals surface area contributed by atoms with Gasteiger partial charge in [-0.15, -0.1) is 0 Å². The van der Waals surface area contributed by atoms with Gasteiger partial charge in [-0.05, 0) is 6.08 Å². The summed E-state index contributed by atoms with van der Waals surface area (Å²) >= 11 is 1.74. The van der Waals surface area contributed by atoms with Gasteiger partial charge in [0.2, 0.25) is 5.70 Å². The smallest absolute Gasteiger partial charge is 0.243 e. The molecule has 1 aliphatic rings. The fraction of sp³-hybridized carbons (Fsp3) is 0.600. The van der Waals surface area contributed by atoms with Crippen molar-refractivity contribution in [3.8, 4) is 0 Å². The molecule has 0 N–H and O–H groups in total. The highest BCUT2D eigenvalue weighted by atomic mass is 32.2. The van der Waals surface area contributed by atoms with Crippen molar-refractivity contribution >= 4 is 11.8 Å². The molecule has 0 aromatic heterocycles. The minimum absolute atomic E-state index is 0.292. The van der Waals surface area contributed by atoms with Crippen LogP contribution in [0.2, 0.25) is 0 Å². The van der Waals surface area contributed by atoms with Gasteiger partial charge in [0.15, 0.2) is 0 Å². The topological polar surface area (TPSA) is 43.1 Å². The second-order valence-corrected chi connectivity index (χ2v) is 2.93. The van der Waals surface area contributed by atoms with Crippen molar-refractivity contribution in [1.82, 2.24) is 0 Å². The van der Waals surface area contributed by atoms with E-state index < -0.39 is 0 Å². The van der Waals surface area contributed by atoms with E-state index in [1.165, 1.54) is 0 Å². The maximum atomic E-state index is 10.1. The molecule has 3 nitrogen and oxygen atoms in total. The van der Waals surface area contributed by atoms with Gasteiger partial charge in [-0.1, -0.05) is 0 Å². The molecule has 0 spiro atoms. The first-order chi connectivity index (χ1) is 4.30. The zero-order chi connectivity index (χ0) is 6.69. The first-order valence-corrected chi connectivity index (χ1v) is 3.87. The highest BCUT2D eigenvalue weighted by Crippen LogP contribution is 2.16. The van der Waals surface area contributed by atoms with Crippen molar-refractivity contribution < 1.29 is 4.92 Å². The van der Waals surface area contributed by atoms with Gasteiger partial charge < -0.3 is 0 Å². The Morgan fingerprint density at radius 1 is 1.78 bits per heavy atom. The van der Waals surface area contributed by atoms with Gasteiger partial charge in [0.1, 0.15) is 0 Å². The van der Waals surface area contributed by atoms with Gasteiger partial charge in [0.25, 0.3) is 0 Å². The third-order valence-electron chi connectivity index (χ3n) is 1.17. The molecule has 50 valence electrons. The largest absolute Gasteiger partial charge is 0.259 e. The minimum Gasteiger partial charge on any atom is -0.259 e. The lowest BCUT2D eigenvalue weighted by atomic mass is 10.3. The summed E-state index contributed by atoms with van der Waals surface area (Å²) in [6.07, 6.45) is 2.31. The van der Waals surface area contributed by atoms with E-state index in [1.807, 2.05) is 0 Å². The summed E-state index contributed by atoms with van der Waals surface area (Å²) in [5.74, 6) is 1.70. The predicted octanol–water partition coefficient (Wildman–Crippen LogP) is 1.28. The normalized spacial score (nSPS) is 18.9. The monoisotopic (exact) mass is 145 g/mol. The molecule has 0 saturated heterocycles. The summed E-state index contributed by atoms with van der Waals surface area (Å²) in [6, 6.07) is 0. The van der Waals surface area contributed by atoms with Crippen molar-refractivity contribution in [3.05, 3.63) is 21.9 Å². The van der Waals surface area contributed by atoms with Crippen molar-refractivity contribution in [2.75, 3.05) is 11.5 Å². The number of thioether (sulfide) groups is 1. The molecule has 0 unspecified atom stereocenters. The number of nitro groups is 1. The van der Waals surface area contributed by atoms with Crippen LogP contribution >= 0.6 is 11.8 Å².